The molecule has 9 heteroatoms. The van der Waals surface area contributed by atoms with E-state index in [2.05, 4.69) is 20.8 Å². The number of carbonyl (C=O) groups is 1. The lowest BCUT2D eigenvalue weighted by molar-refractivity contribution is -0.384. The Balaban J connectivity index is 1.51. The van der Waals surface area contributed by atoms with Gasteiger partial charge in [0.15, 0.2) is 6.61 Å². The highest BCUT2D eigenvalue weighted by Gasteiger charge is 2.22. The quantitative estimate of drug-likeness (QED) is 0.508. The topological polar surface area (TPSA) is 75.9 Å². The van der Waals surface area contributed by atoms with Crippen LogP contribution >= 0.6 is 27.5 Å². The zero-order chi connectivity index (χ0) is 19.4. The molecule has 0 aromatic heterocycles. The molecule has 1 saturated heterocycles. The van der Waals surface area contributed by atoms with Crippen LogP contribution in [-0.4, -0.2) is 48.5 Å². The van der Waals surface area contributed by atoms with Crippen molar-refractivity contribution in [2.75, 3.05) is 37.7 Å². The van der Waals surface area contributed by atoms with Crippen LogP contribution in [0.4, 0.5) is 11.4 Å². The molecule has 0 aliphatic carbocycles. The minimum Gasteiger partial charge on any atom is -0.482 e. The Morgan fingerprint density at radius 3 is 2.41 bits per heavy atom. The zero-order valence-electron chi connectivity index (χ0n) is 14.3. The van der Waals surface area contributed by atoms with Crippen molar-refractivity contribution in [2.45, 2.75) is 0 Å². The highest BCUT2D eigenvalue weighted by Crippen LogP contribution is 2.27. The number of amides is 1. The summed E-state index contributed by atoms with van der Waals surface area (Å²) in [4.78, 5) is 26.5. The molecule has 0 unspecified atom stereocenters. The predicted octanol–water partition coefficient (Wildman–Crippen LogP) is 3.74. The monoisotopic (exact) mass is 453 g/mol. The molecule has 1 fully saturated rings. The Kier molecular flexibility index (Phi) is 6.18. The second-order valence-electron chi connectivity index (χ2n) is 6.00. The minimum absolute atomic E-state index is 0.0660. The molecule has 0 spiro atoms. The number of nitro groups is 1. The highest BCUT2D eigenvalue weighted by atomic mass is 79.9. The van der Waals surface area contributed by atoms with E-state index >= 15 is 0 Å². The molecule has 0 N–H and O–H groups in total. The van der Waals surface area contributed by atoms with Crippen molar-refractivity contribution in [1.29, 1.82) is 0 Å². The van der Waals surface area contributed by atoms with Crippen molar-refractivity contribution in [3.8, 4) is 5.75 Å². The first kappa shape index (κ1) is 19.4. The van der Waals surface area contributed by atoms with Crippen LogP contribution in [0.1, 0.15) is 0 Å². The van der Waals surface area contributed by atoms with Crippen LogP contribution in [0, 0.1) is 10.1 Å². The van der Waals surface area contributed by atoms with Crippen LogP contribution < -0.4 is 9.64 Å². The summed E-state index contributed by atoms with van der Waals surface area (Å²) in [6, 6.07) is 11.7. The maximum Gasteiger partial charge on any atom is 0.269 e. The van der Waals surface area contributed by atoms with Gasteiger partial charge in [-0.2, -0.15) is 0 Å². The van der Waals surface area contributed by atoms with Crippen molar-refractivity contribution < 1.29 is 14.5 Å². The van der Waals surface area contributed by atoms with Gasteiger partial charge < -0.3 is 14.5 Å². The Bertz CT molecular complexity index is 839. The Morgan fingerprint density at radius 1 is 1.15 bits per heavy atom. The third-order valence-corrected chi connectivity index (χ3v) is 5.09. The Labute approximate surface area is 169 Å². The number of hydrogen-bond donors (Lipinski definition) is 0. The number of anilines is 1. The van der Waals surface area contributed by atoms with E-state index in [-0.39, 0.29) is 18.2 Å². The average molecular weight is 455 g/mol. The third-order valence-electron chi connectivity index (χ3n) is 4.30. The molecule has 1 amide bonds. The molecule has 27 heavy (non-hydrogen) atoms. The van der Waals surface area contributed by atoms with Gasteiger partial charge in [0.05, 0.1) is 9.95 Å². The molecule has 7 nitrogen and oxygen atoms in total. The summed E-state index contributed by atoms with van der Waals surface area (Å²) < 4.78 is 6.37. The number of benzene rings is 2. The summed E-state index contributed by atoms with van der Waals surface area (Å²) in [5, 5.41) is 11.2. The van der Waals surface area contributed by atoms with E-state index in [9.17, 15) is 14.9 Å². The largest absolute Gasteiger partial charge is 0.482 e. The van der Waals surface area contributed by atoms with Crippen LogP contribution in [0.15, 0.2) is 46.9 Å². The summed E-state index contributed by atoms with van der Waals surface area (Å²) in [6.45, 7) is 2.37. The van der Waals surface area contributed by atoms with E-state index in [1.807, 2.05) is 0 Å². The highest BCUT2D eigenvalue weighted by molar-refractivity contribution is 9.10. The fourth-order valence-electron chi connectivity index (χ4n) is 2.82. The first-order valence-electron chi connectivity index (χ1n) is 8.29. The SMILES string of the molecule is O=C(COc1ccc(Br)cc1Cl)N1CCN(c2ccc([N+](=O)[O-])cc2)CC1. The van der Waals surface area contributed by atoms with E-state index in [1.165, 1.54) is 12.1 Å². The number of nitro benzene ring substituents is 1. The van der Waals surface area contributed by atoms with Gasteiger partial charge >= 0.3 is 0 Å². The third kappa shape index (κ3) is 4.90. The molecule has 0 atom stereocenters. The number of rotatable bonds is 5. The van der Waals surface area contributed by atoms with Gasteiger partial charge in [-0.1, -0.05) is 27.5 Å². The number of piperazine rings is 1. The standard InChI is InChI=1S/C18H17BrClN3O4/c19-13-1-6-17(16(20)11-13)27-12-18(24)22-9-7-21(8-10-22)14-2-4-15(5-3-14)23(25)26/h1-6,11H,7-10,12H2. The van der Waals surface area contributed by atoms with E-state index in [4.69, 9.17) is 16.3 Å². The summed E-state index contributed by atoms with van der Waals surface area (Å²) in [7, 11) is 0. The predicted molar refractivity (Wildman–Crippen MR) is 107 cm³/mol. The van der Waals surface area contributed by atoms with Gasteiger partial charge in [-0.15, -0.1) is 0 Å². The summed E-state index contributed by atoms with van der Waals surface area (Å²) >= 11 is 9.41. The molecule has 0 saturated carbocycles. The minimum atomic E-state index is -0.419. The van der Waals surface area contributed by atoms with Crippen molar-refractivity contribution >= 4 is 44.8 Å². The second-order valence-corrected chi connectivity index (χ2v) is 7.33. The zero-order valence-corrected chi connectivity index (χ0v) is 16.6. The molecule has 3 rings (SSSR count). The number of ether oxygens (including phenoxy) is 1. The van der Waals surface area contributed by atoms with Crippen LogP contribution in [0.5, 0.6) is 5.75 Å². The van der Waals surface area contributed by atoms with Crippen LogP contribution in [-0.2, 0) is 4.79 Å². The van der Waals surface area contributed by atoms with Crippen molar-refractivity contribution in [3.63, 3.8) is 0 Å². The molecule has 2 aromatic rings. The molecule has 1 aliphatic rings. The van der Waals surface area contributed by atoms with Gasteiger partial charge in [0.1, 0.15) is 5.75 Å². The summed E-state index contributed by atoms with van der Waals surface area (Å²) in [5.74, 6) is 0.370. The lowest BCUT2D eigenvalue weighted by atomic mass is 10.2. The molecule has 2 aromatic carbocycles. The molecule has 0 bridgehead atoms. The summed E-state index contributed by atoms with van der Waals surface area (Å²) in [5.41, 5.74) is 0.974. The molecular formula is C18H17BrClN3O4. The molecule has 142 valence electrons. The van der Waals surface area contributed by atoms with Crippen LogP contribution in [0.25, 0.3) is 0 Å². The number of carbonyl (C=O) groups excluding carboxylic acids is 1. The van der Waals surface area contributed by atoms with Gasteiger partial charge in [0, 0.05) is 48.5 Å². The van der Waals surface area contributed by atoms with Gasteiger partial charge in [0.2, 0.25) is 0 Å². The number of hydrogen-bond acceptors (Lipinski definition) is 5. The molecule has 1 aliphatic heterocycles. The van der Waals surface area contributed by atoms with Crippen LogP contribution in [0.2, 0.25) is 5.02 Å². The lowest BCUT2D eigenvalue weighted by Crippen LogP contribution is -2.50. The smallest absolute Gasteiger partial charge is 0.269 e. The van der Waals surface area contributed by atoms with E-state index in [0.717, 1.165) is 10.2 Å². The van der Waals surface area contributed by atoms with Crippen LogP contribution in [0.3, 0.4) is 0 Å². The maximum absolute atomic E-state index is 12.4. The molecule has 0 radical (unpaired) electrons. The van der Waals surface area contributed by atoms with Gasteiger partial charge in [-0.05, 0) is 30.3 Å². The fraction of sp³-hybridized carbons (Fsp3) is 0.278. The lowest BCUT2D eigenvalue weighted by Gasteiger charge is -2.36. The second kappa shape index (κ2) is 8.58. The van der Waals surface area contributed by atoms with Crippen molar-refractivity contribution in [2.24, 2.45) is 0 Å². The Morgan fingerprint density at radius 2 is 1.81 bits per heavy atom. The van der Waals surface area contributed by atoms with Crippen molar-refractivity contribution in [3.05, 3.63) is 62.1 Å². The van der Waals surface area contributed by atoms with E-state index < -0.39 is 4.92 Å². The number of halogens is 2. The summed E-state index contributed by atoms with van der Waals surface area (Å²) in [6.07, 6.45) is 0. The van der Waals surface area contributed by atoms with E-state index in [1.54, 1.807) is 35.2 Å². The normalized spacial score (nSPS) is 14.1. The number of nitrogens with zero attached hydrogens (tertiary/aromatic N) is 3. The van der Waals surface area contributed by atoms with Crippen molar-refractivity contribution in [1.82, 2.24) is 4.90 Å². The van der Waals surface area contributed by atoms with E-state index in [0.29, 0.717) is 37.0 Å². The fourth-order valence-corrected chi connectivity index (χ4v) is 3.55. The average Bonchev–Trinajstić information content (AvgIpc) is 2.67. The number of non-ortho nitro benzene ring substituents is 1. The first-order valence-corrected chi connectivity index (χ1v) is 9.46. The molecular weight excluding hydrogens is 438 g/mol. The van der Waals surface area contributed by atoms with Gasteiger partial charge in [0.25, 0.3) is 11.6 Å². The molecule has 1 heterocycles. The maximum atomic E-state index is 12.4. The first-order chi connectivity index (χ1) is 12.9. The Hall–Kier alpha value is -2.32. The van der Waals surface area contributed by atoms with Gasteiger partial charge in [-0.3, -0.25) is 14.9 Å². The van der Waals surface area contributed by atoms with Gasteiger partial charge in [-0.25, -0.2) is 0 Å².